The second-order valence-corrected chi connectivity index (χ2v) is 3.79. The quantitative estimate of drug-likeness (QED) is 0.284. The average Bonchev–Trinajstić information content (AvgIpc) is 1.80. The van der Waals surface area contributed by atoms with Crippen molar-refractivity contribution in [2.24, 2.45) is 4.99 Å². The Kier molecular flexibility index (Phi) is 8.07. The van der Waals surface area contributed by atoms with Crippen LogP contribution in [0.4, 0.5) is 0 Å². The van der Waals surface area contributed by atoms with Crippen molar-refractivity contribution in [3.63, 3.8) is 0 Å². The van der Waals surface area contributed by atoms with E-state index in [1.54, 1.807) is 13.8 Å². The third-order valence-corrected chi connectivity index (χ3v) is 1.06. The Morgan fingerprint density at radius 3 is 1.92 bits per heavy atom. The summed E-state index contributed by atoms with van der Waals surface area (Å²) in [5.41, 5.74) is 0.628. The molecule has 0 saturated carbocycles. The molecule has 3 heteroatoms. The van der Waals surface area contributed by atoms with Crippen LogP contribution in [-0.4, -0.2) is 11.8 Å². The van der Waals surface area contributed by atoms with Gasteiger partial charge in [-0.15, -0.1) is 0 Å². The molecule has 2 nitrogen and oxygen atoms in total. The van der Waals surface area contributed by atoms with Gasteiger partial charge in [-0.05, 0) is 34.6 Å². The topological polar surface area (TPSA) is 35.4 Å². The van der Waals surface area contributed by atoms with Crippen molar-refractivity contribution in [2.75, 3.05) is 0 Å². The standard InChI is InChI=1S/C9H17NO.K/c1-7(2)8(11)6-10-9(3,4)5;/h6,11H,1-5H3;/q;+1/p-1. The maximum absolute atomic E-state index is 11.0. The first kappa shape index (κ1) is 15.3. The first-order valence-electron chi connectivity index (χ1n) is 3.72. The van der Waals surface area contributed by atoms with Gasteiger partial charge in [0.15, 0.2) is 0 Å². The van der Waals surface area contributed by atoms with Crippen LogP contribution in [0.2, 0.25) is 0 Å². The Morgan fingerprint density at radius 2 is 1.67 bits per heavy atom. The van der Waals surface area contributed by atoms with Crippen molar-refractivity contribution in [1.29, 1.82) is 0 Å². The zero-order valence-corrected chi connectivity index (χ0v) is 12.1. The van der Waals surface area contributed by atoms with Gasteiger partial charge in [0.1, 0.15) is 0 Å². The van der Waals surface area contributed by atoms with Crippen molar-refractivity contribution in [3.05, 3.63) is 11.3 Å². The zero-order valence-electron chi connectivity index (χ0n) is 8.93. The minimum absolute atomic E-state index is 0. The normalized spacial score (nSPS) is 11.1. The van der Waals surface area contributed by atoms with Gasteiger partial charge in [-0.2, -0.15) is 0 Å². The Hall–Kier alpha value is 0.846. The Labute approximate surface area is 118 Å². The van der Waals surface area contributed by atoms with Crippen LogP contribution in [0.15, 0.2) is 16.3 Å². The SMILES string of the molecule is CC(C)=C([O-])C=NC(C)(C)C.[K+]. The minimum atomic E-state index is -0.148. The molecule has 0 heterocycles. The molecule has 0 aliphatic carbocycles. The van der Waals surface area contributed by atoms with E-state index in [2.05, 4.69) is 4.99 Å². The second-order valence-electron chi connectivity index (χ2n) is 3.79. The first-order valence-corrected chi connectivity index (χ1v) is 3.72. The van der Waals surface area contributed by atoms with Crippen molar-refractivity contribution >= 4 is 6.21 Å². The van der Waals surface area contributed by atoms with E-state index in [-0.39, 0.29) is 62.7 Å². The summed E-state index contributed by atoms with van der Waals surface area (Å²) in [6.45, 7) is 9.46. The van der Waals surface area contributed by atoms with E-state index >= 15 is 0 Å². The van der Waals surface area contributed by atoms with Gasteiger partial charge in [0.05, 0.1) is 5.54 Å². The van der Waals surface area contributed by atoms with Crippen LogP contribution >= 0.6 is 0 Å². The number of rotatable bonds is 1. The number of hydrogen-bond acceptors (Lipinski definition) is 2. The largest absolute Gasteiger partial charge is 1.00 e. The summed E-state index contributed by atoms with van der Waals surface area (Å²) in [5, 5.41) is 11.0. The first-order chi connectivity index (χ1) is 4.83. The molecular formula is C9H16KNO. The van der Waals surface area contributed by atoms with E-state index in [4.69, 9.17) is 0 Å². The molecule has 0 spiro atoms. The van der Waals surface area contributed by atoms with Crippen LogP contribution in [0.25, 0.3) is 0 Å². The summed E-state index contributed by atoms with van der Waals surface area (Å²) in [4.78, 5) is 4.08. The zero-order chi connectivity index (χ0) is 9.07. The maximum atomic E-state index is 11.0. The molecular weight excluding hydrogens is 177 g/mol. The monoisotopic (exact) mass is 193 g/mol. The Balaban J connectivity index is 0. The molecule has 0 rings (SSSR count). The van der Waals surface area contributed by atoms with Gasteiger partial charge < -0.3 is 5.11 Å². The molecule has 0 aliphatic rings. The van der Waals surface area contributed by atoms with Gasteiger partial charge >= 0.3 is 51.4 Å². The summed E-state index contributed by atoms with van der Waals surface area (Å²) in [6.07, 6.45) is 1.40. The second kappa shape index (κ2) is 6.32. The van der Waals surface area contributed by atoms with Gasteiger partial charge in [0.25, 0.3) is 0 Å². The summed E-state index contributed by atoms with van der Waals surface area (Å²) in [5.74, 6) is 0.0138. The van der Waals surface area contributed by atoms with Gasteiger partial charge in [-0.1, -0.05) is 11.3 Å². The van der Waals surface area contributed by atoms with Crippen LogP contribution in [0.5, 0.6) is 0 Å². The third-order valence-electron chi connectivity index (χ3n) is 1.06. The molecule has 0 aliphatic heterocycles. The summed E-state index contributed by atoms with van der Waals surface area (Å²) in [7, 11) is 0. The molecule has 0 aromatic heterocycles. The molecule has 0 unspecified atom stereocenters. The molecule has 0 bridgehead atoms. The van der Waals surface area contributed by atoms with Crippen molar-refractivity contribution in [1.82, 2.24) is 0 Å². The number of aliphatic imine (C=N–C) groups is 1. The van der Waals surface area contributed by atoms with Gasteiger partial charge in [0, 0.05) is 6.21 Å². The molecule has 0 fully saturated rings. The van der Waals surface area contributed by atoms with Crippen molar-refractivity contribution in [2.45, 2.75) is 40.2 Å². The van der Waals surface area contributed by atoms with Crippen LogP contribution in [0.1, 0.15) is 34.6 Å². The average molecular weight is 193 g/mol. The van der Waals surface area contributed by atoms with E-state index in [0.29, 0.717) is 0 Å². The molecule has 64 valence electrons. The summed E-state index contributed by atoms with van der Waals surface area (Å²) >= 11 is 0. The molecule has 0 N–H and O–H groups in total. The predicted molar refractivity (Wildman–Crippen MR) is 46.6 cm³/mol. The maximum Gasteiger partial charge on any atom is 1.00 e. The minimum Gasteiger partial charge on any atom is -0.871 e. The number of allylic oxidation sites excluding steroid dienone is 2. The van der Waals surface area contributed by atoms with Crippen LogP contribution in [0.3, 0.4) is 0 Å². The molecule has 0 atom stereocenters. The molecule has 12 heavy (non-hydrogen) atoms. The van der Waals surface area contributed by atoms with Gasteiger partial charge in [-0.3, -0.25) is 4.99 Å². The van der Waals surface area contributed by atoms with Crippen molar-refractivity contribution in [3.8, 4) is 0 Å². The molecule has 0 aromatic rings. The summed E-state index contributed by atoms with van der Waals surface area (Å²) < 4.78 is 0. The third kappa shape index (κ3) is 8.94. The van der Waals surface area contributed by atoms with E-state index < -0.39 is 0 Å². The summed E-state index contributed by atoms with van der Waals surface area (Å²) in [6, 6.07) is 0. The smallest absolute Gasteiger partial charge is 0.871 e. The van der Waals surface area contributed by atoms with Crippen molar-refractivity contribution < 1.29 is 56.5 Å². The number of hydrogen-bond donors (Lipinski definition) is 0. The predicted octanol–water partition coefficient (Wildman–Crippen LogP) is -1.49. The van der Waals surface area contributed by atoms with Crippen LogP contribution in [0, 0.1) is 0 Å². The fourth-order valence-electron chi connectivity index (χ4n) is 0.381. The molecule has 0 aromatic carbocycles. The van der Waals surface area contributed by atoms with E-state index in [9.17, 15) is 5.11 Å². The number of nitrogens with zero attached hydrogens (tertiary/aromatic N) is 1. The molecule has 0 amide bonds. The van der Waals surface area contributed by atoms with E-state index in [1.165, 1.54) is 6.21 Å². The fourth-order valence-corrected chi connectivity index (χ4v) is 0.381. The fraction of sp³-hybridized carbons (Fsp3) is 0.667. The molecule has 0 saturated heterocycles. The van der Waals surface area contributed by atoms with E-state index in [1.807, 2.05) is 20.8 Å². The van der Waals surface area contributed by atoms with Gasteiger partial charge in [0.2, 0.25) is 0 Å². The van der Waals surface area contributed by atoms with E-state index in [0.717, 1.165) is 5.57 Å². The van der Waals surface area contributed by atoms with Crippen LogP contribution in [-0.2, 0) is 0 Å². The molecule has 0 radical (unpaired) electrons. The Morgan fingerprint density at radius 1 is 1.25 bits per heavy atom. The van der Waals surface area contributed by atoms with Gasteiger partial charge in [-0.25, -0.2) is 0 Å². The Bertz CT molecular complexity index is 185. The van der Waals surface area contributed by atoms with Crippen LogP contribution < -0.4 is 56.5 Å².